The standard InChI is InChI=1S/C14H21ClN4O3/c1-14(2,3)22-13(20)19-6-5-9(8-19)17-12-16-7-10(15)11(18-12)21-4/h7,9H,5-6,8H2,1-4H3,(H,16,17,18)/t9-/m1/s1. The molecule has 1 N–H and O–H groups in total. The van der Waals surface area contributed by atoms with Gasteiger partial charge in [0.05, 0.1) is 13.3 Å². The van der Waals surface area contributed by atoms with Crippen LogP contribution in [0.2, 0.25) is 5.02 Å². The van der Waals surface area contributed by atoms with E-state index < -0.39 is 5.60 Å². The maximum atomic E-state index is 12.0. The topological polar surface area (TPSA) is 76.6 Å². The summed E-state index contributed by atoms with van der Waals surface area (Å²) < 4.78 is 10.4. The van der Waals surface area contributed by atoms with E-state index >= 15 is 0 Å². The van der Waals surface area contributed by atoms with Crippen LogP contribution in [-0.4, -0.2) is 52.8 Å². The van der Waals surface area contributed by atoms with E-state index in [-0.39, 0.29) is 12.1 Å². The van der Waals surface area contributed by atoms with Gasteiger partial charge in [-0.05, 0) is 27.2 Å². The maximum absolute atomic E-state index is 12.0. The third kappa shape index (κ3) is 4.37. The van der Waals surface area contributed by atoms with Crippen LogP contribution in [0.1, 0.15) is 27.2 Å². The van der Waals surface area contributed by atoms with Crippen LogP contribution in [0.3, 0.4) is 0 Å². The second kappa shape index (κ2) is 6.56. The molecule has 1 aliphatic heterocycles. The zero-order valence-corrected chi connectivity index (χ0v) is 14.0. The van der Waals surface area contributed by atoms with E-state index in [4.69, 9.17) is 21.1 Å². The molecule has 0 unspecified atom stereocenters. The number of carbonyl (C=O) groups excluding carboxylic acids is 1. The SMILES string of the molecule is COc1nc(N[C@@H]2CCN(C(=O)OC(C)(C)C)C2)ncc1Cl. The van der Waals surface area contributed by atoms with Crippen LogP contribution in [0, 0.1) is 0 Å². The molecule has 2 rings (SSSR count). The average molecular weight is 329 g/mol. The van der Waals surface area contributed by atoms with Gasteiger partial charge < -0.3 is 19.7 Å². The summed E-state index contributed by atoms with van der Waals surface area (Å²) >= 11 is 5.89. The van der Waals surface area contributed by atoms with Crippen molar-refractivity contribution < 1.29 is 14.3 Å². The second-order valence-electron chi connectivity index (χ2n) is 6.11. The van der Waals surface area contributed by atoms with E-state index in [1.807, 2.05) is 20.8 Å². The normalized spacial score (nSPS) is 18.2. The van der Waals surface area contributed by atoms with E-state index in [0.29, 0.717) is 29.9 Å². The Kier molecular flexibility index (Phi) is 4.95. The molecule has 0 radical (unpaired) electrons. The predicted molar refractivity (Wildman–Crippen MR) is 83.4 cm³/mol. The second-order valence-corrected chi connectivity index (χ2v) is 6.51. The van der Waals surface area contributed by atoms with Gasteiger partial charge in [-0.25, -0.2) is 9.78 Å². The lowest BCUT2D eigenvalue weighted by molar-refractivity contribution is 0.0293. The summed E-state index contributed by atoms with van der Waals surface area (Å²) in [5.74, 6) is 0.749. The van der Waals surface area contributed by atoms with Crippen molar-refractivity contribution in [3.63, 3.8) is 0 Å². The molecule has 0 aromatic carbocycles. The molecule has 22 heavy (non-hydrogen) atoms. The van der Waals surface area contributed by atoms with Crippen molar-refractivity contribution in [2.45, 2.75) is 38.8 Å². The molecular formula is C14H21ClN4O3. The van der Waals surface area contributed by atoms with Crippen molar-refractivity contribution in [2.75, 3.05) is 25.5 Å². The summed E-state index contributed by atoms with van der Waals surface area (Å²) in [6, 6.07) is 0.0680. The molecular weight excluding hydrogens is 308 g/mol. The first-order valence-corrected chi connectivity index (χ1v) is 7.47. The van der Waals surface area contributed by atoms with Crippen molar-refractivity contribution in [1.29, 1.82) is 0 Å². The lowest BCUT2D eigenvalue weighted by Crippen LogP contribution is -2.36. The molecule has 1 aliphatic rings. The van der Waals surface area contributed by atoms with Gasteiger partial charge in [-0.3, -0.25) is 0 Å². The Labute approximate surface area is 135 Å². The highest BCUT2D eigenvalue weighted by molar-refractivity contribution is 6.31. The molecule has 1 fully saturated rings. The Morgan fingerprint density at radius 1 is 1.50 bits per heavy atom. The highest BCUT2D eigenvalue weighted by atomic mass is 35.5. The molecule has 2 heterocycles. The zero-order chi connectivity index (χ0) is 16.3. The number of halogens is 1. The molecule has 1 aromatic rings. The number of nitrogens with zero attached hydrogens (tertiary/aromatic N) is 3. The Morgan fingerprint density at radius 3 is 2.86 bits per heavy atom. The number of rotatable bonds is 3. The van der Waals surface area contributed by atoms with Gasteiger partial charge in [-0.2, -0.15) is 4.98 Å². The number of amides is 1. The Balaban J connectivity index is 1.92. The van der Waals surface area contributed by atoms with Crippen LogP contribution in [0.5, 0.6) is 5.88 Å². The largest absolute Gasteiger partial charge is 0.480 e. The van der Waals surface area contributed by atoms with Crippen LogP contribution in [0.25, 0.3) is 0 Å². The van der Waals surface area contributed by atoms with Crippen LogP contribution >= 0.6 is 11.6 Å². The number of ether oxygens (including phenoxy) is 2. The third-order valence-corrected chi connectivity index (χ3v) is 3.34. The number of nitrogens with one attached hydrogen (secondary N) is 1. The number of methoxy groups -OCH3 is 1. The van der Waals surface area contributed by atoms with Crippen molar-refractivity contribution in [1.82, 2.24) is 14.9 Å². The molecule has 7 nitrogen and oxygen atoms in total. The van der Waals surface area contributed by atoms with Crippen LogP contribution in [0.4, 0.5) is 10.7 Å². The molecule has 1 amide bonds. The number of aromatic nitrogens is 2. The van der Waals surface area contributed by atoms with Crippen LogP contribution in [-0.2, 0) is 4.74 Å². The minimum atomic E-state index is -0.491. The van der Waals surface area contributed by atoms with E-state index in [2.05, 4.69) is 15.3 Å². The number of hydrogen-bond donors (Lipinski definition) is 1. The molecule has 1 atom stereocenters. The molecule has 8 heteroatoms. The first kappa shape index (κ1) is 16.6. The summed E-state index contributed by atoms with van der Waals surface area (Å²) in [5, 5.41) is 3.54. The molecule has 1 aromatic heterocycles. The molecule has 0 bridgehead atoms. The summed E-state index contributed by atoms with van der Waals surface area (Å²) in [4.78, 5) is 22.0. The minimum Gasteiger partial charge on any atom is -0.480 e. The minimum absolute atomic E-state index is 0.0680. The van der Waals surface area contributed by atoms with E-state index in [0.717, 1.165) is 6.42 Å². The van der Waals surface area contributed by atoms with Gasteiger partial charge >= 0.3 is 6.09 Å². The Bertz CT molecular complexity index is 547. The van der Waals surface area contributed by atoms with Crippen molar-refractivity contribution in [2.24, 2.45) is 0 Å². The number of hydrogen-bond acceptors (Lipinski definition) is 6. The number of likely N-dealkylation sites (tertiary alicyclic amines) is 1. The molecule has 0 saturated carbocycles. The van der Waals surface area contributed by atoms with E-state index in [1.165, 1.54) is 13.3 Å². The van der Waals surface area contributed by atoms with Crippen molar-refractivity contribution in [3.05, 3.63) is 11.2 Å². The van der Waals surface area contributed by atoms with Crippen LogP contribution < -0.4 is 10.1 Å². The average Bonchev–Trinajstić information content (AvgIpc) is 2.87. The van der Waals surface area contributed by atoms with Gasteiger partial charge in [0.2, 0.25) is 11.8 Å². The van der Waals surface area contributed by atoms with Crippen molar-refractivity contribution in [3.8, 4) is 5.88 Å². The monoisotopic (exact) mass is 328 g/mol. The summed E-state index contributed by atoms with van der Waals surface area (Å²) in [6.07, 6.45) is 1.98. The van der Waals surface area contributed by atoms with E-state index in [1.54, 1.807) is 4.90 Å². The van der Waals surface area contributed by atoms with Gasteiger partial charge in [0, 0.05) is 19.1 Å². The Morgan fingerprint density at radius 2 is 2.23 bits per heavy atom. The fourth-order valence-corrected chi connectivity index (χ4v) is 2.29. The fraction of sp³-hybridized carbons (Fsp3) is 0.643. The molecule has 1 saturated heterocycles. The lowest BCUT2D eigenvalue weighted by Gasteiger charge is -2.24. The first-order chi connectivity index (χ1) is 10.3. The number of carbonyl (C=O) groups is 1. The predicted octanol–water partition coefficient (Wildman–Crippen LogP) is 2.56. The van der Waals surface area contributed by atoms with Gasteiger partial charge in [-0.15, -0.1) is 0 Å². The maximum Gasteiger partial charge on any atom is 0.410 e. The smallest absolute Gasteiger partial charge is 0.410 e. The summed E-state index contributed by atoms with van der Waals surface area (Å²) in [5.41, 5.74) is -0.491. The highest BCUT2D eigenvalue weighted by Crippen LogP contribution is 2.23. The zero-order valence-electron chi connectivity index (χ0n) is 13.2. The van der Waals surface area contributed by atoms with Crippen LogP contribution in [0.15, 0.2) is 6.20 Å². The van der Waals surface area contributed by atoms with Gasteiger partial charge in [0.1, 0.15) is 10.6 Å². The quantitative estimate of drug-likeness (QED) is 0.919. The molecule has 0 aliphatic carbocycles. The fourth-order valence-electron chi connectivity index (χ4n) is 2.12. The third-order valence-electron chi connectivity index (χ3n) is 3.08. The number of anilines is 1. The summed E-state index contributed by atoms with van der Waals surface area (Å²) in [7, 11) is 1.50. The van der Waals surface area contributed by atoms with E-state index in [9.17, 15) is 4.79 Å². The summed E-state index contributed by atoms with van der Waals surface area (Å²) in [6.45, 7) is 6.74. The molecule has 0 spiro atoms. The Hall–Kier alpha value is -1.76. The van der Waals surface area contributed by atoms with Gasteiger partial charge in [-0.1, -0.05) is 11.6 Å². The van der Waals surface area contributed by atoms with Crippen molar-refractivity contribution >= 4 is 23.6 Å². The highest BCUT2D eigenvalue weighted by Gasteiger charge is 2.30. The van der Waals surface area contributed by atoms with Gasteiger partial charge in [0.15, 0.2) is 0 Å². The lowest BCUT2D eigenvalue weighted by atomic mass is 10.2. The van der Waals surface area contributed by atoms with Gasteiger partial charge in [0.25, 0.3) is 0 Å². The molecule has 122 valence electrons. The first-order valence-electron chi connectivity index (χ1n) is 7.09.